The highest BCUT2D eigenvalue weighted by atomic mass is 79.9. The molecule has 0 aliphatic carbocycles. The van der Waals surface area contributed by atoms with Crippen LogP contribution in [0.15, 0.2) is 30.3 Å². The summed E-state index contributed by atoms with van der Waals surface area (Å²) in [4.78, 5) is 11.9. The lowest BCUT2D eigenvalue weighted by Gasteiger charge is -2.36. The van der Waals surface area contributed by atoms with Gasteiger partial charge in [-0.05, 0) is 19.4 Å². The predicted octanol–water partition coefficient (Wildman–Crippen LogP) is 2.42. The van der Waals surface area contributed by atoms with Gasteiger partial charge in [-0.1, -0.05) is 46.3 Å². The summed E-state index contributed by atoms with van der Waals surface area (Å²) in [6.07, 6.45) is 2.22. The van der Waals surface area contributed by atoms with E-state index in [0.29, 0.717) is 5.92 Å². The molecule has 2 rings (SSSR count). The van der Waals surface area contributed by atoms with Crippen LogP contribution in [0.2, 0.25) is 0 Å². The standard InChI is InChI=1S/C16H22BrNO2/c1-16(2,13-8-10-18-11-9-13)20-15(19)14(17)12-6-4-3-5-7-12/h3-7,13-14,18H,8-11H2,1-2H3/p+1. The average Bonchev–Trinajstić information content (AvgIpc) is 2.48. The number of halogens is 1. The molecule has 1 fully saturated rings. The van der Waals surface area contributed by atoms with Crippen molar-refractivity contribution in [2.45, 2.75) is 37.1 Å². The molecule has 2 N–H and O–H groups in total. The van der Waals surface area contributed by atoms with E-state index in [-0.39, 0.29) is 5.97 Å². The number of rotatable bonds is 4. The number of esters is 1. The fraction of sp³-hybridized carbons (Fsp3) is 0.562. The highest BCUT2D eigenvalue weighted by Gasteiger charge is 2.36. The molecule has 1 aliphatic rings. The molecule has 0 saturated carbocycles. The van der Waals surface area contributed by atoms with Gasteiger partial charge in [0.25, 0.3) is 0 Å². The Labute approximate surface area is 129 Å². The van der Waals surface area contributed by atoms with E-state index in [9.17, 15) is 4.79 Å². The second-order valence-electron chi connectivity index (χ2n) is 5.94. The smallest absolute Gasteiger partial charge is 0.324 e. The molecule has 0 aromatic heterocycles. The minimum Gasteiger partial charge on any atom is -0.458 e. The predicted molar refractivity (Wildman–Crippen MR) is 82.7 cm³/mol. The van der Waals surface area contributed by atoms with E-state index < -0.39 is 10.4 Å². The van der Waals surface area contributed by atoms with E-state index in [1.54, 1.807) is 0 Å². The van der Waals surface area contributed by atoms with Gasteiger partial charge in [0.1, 0.15) is 10.4 Å². The second kappa shape index (κ2) is 6.72. The lowest BCUT2D eigenvalue weighted by atomic mass is 9.83. The Bertz CT molecular complexity index is 441. The monoisotopic (exact) mass is 340 g/mol. The maximum Gasteiger partial charge on any atom is 0.324 e. The molecule has 1 aromatic carbocycles. The van der Waals surface area contributed by atoms with Crippen LogP contribution in [0.1, 0.15) is 37.1 Å². The van der Waals surface area contributed by atoms with Crippen molar-refractivity contribution in [1.82, 2.24) is 0 Å². The van der Waals surface area contributed by atoms with E-state index in [2.05, 4.69) is 21.2 Å². The molecule has 0 spiro atoms. The average molecular weight is 341 g/mol. The van der Waals surface area contributed by atoms with Crippen molar-refractivity contribution in [3.05, 3.63) is 35.9 Å². The topological polar surface area (TPSA) is 42.9 Å². The molecule has 1 saturated heterocycles. The van der Waals surface area contributed by atoms with E-state index in [4.69, 9.17) is 4.74 Å². The molecule has 1 unspecified atom stereocenters. The number of benzene rings is 1. The number of carbonyl (C=O) groups excluding carboxylic acids is 1. The summed E-state index contributed by atoms with van der Waals surface area (Å²) in [5, 5.41) is 2.33. The molecule has 110 valence electrons. The summed E-state index contributed by atoms with van der Waals surface area (Å²) in [5.74, 6) is 0.252. The van der Waals surface area contributed by atoms with Crippen molar-refractivity contribution < 1.29 is 14.8 Å². The zero-order valence-corrected chi connectivity index (χ0v) is 13.7. The van der Waals surface area contributed by atoms with E-state index in [1.807, 2.05) is 44.2 Å². The van der Waals surface area contributed by atoms with E-state index in [0.717, 1.165) is 31.5 Å². The molecule has 20 heavy (non-hydrogen) atoms. The Kier molecular flexibility index (Phi) is 5.22. The molecule has 0 radical (unpaired) electrons. The number of alkyl halides is 1. The van der Waals surface area contributed by atoms with Crippen LogP contribution in [0.5, 0.6) is 0 Å². The number of ether oxygens (including phenoxy) is 1. The van der Waals surface area contributed by atoms with Gasteiger partial charge in [-0.25, -0.2) is 0 Å². The molecule has 1 aromatic rings. The van der Waals surface area contributed by atoms with Crippen LogP contribution >= 0.6 is 15.9 Å². The van der Waals surface area contributed by atoms with Gasteiger partial charge in [-0.3, -0.25) is 4.79 Å². The third-order valence-electron chi connectivity index (χ3n) is 4.08. The fourth-order valence-electron chi connectivity index (χ4n) is 2.77. The third-order valence-corrected chi connectivity index (χ3v) is 4.99. The van der Waals surface area contributed by atoms with E-state index in [1.165, 1.54) is 0 Å². The first-order valence-corrected chi connectivity index (χ1v) is 8.16. The lowest BCUT2D eigenvalue weighted by Crippen LogP contribution is -2.86. The maximum atomic E-state index is 12.3. The zero-order valence-electron chi connectivity index (χ0n) is 12.1. The summed E-state index contributed by atoms with van der Waals surface area (Å²) in [6.45, 7) is 6.32. The molecule has 4 heteroatoms. The lowest BCUT2D eigenvalue weighted by molar-refractivity contribution is -0.665. The third kappa shape index (κ3) is 3.83. The highest BCUT2D eigenvalue weighted by Crippen LogP contribution is 2.32. The summed E-state index contributed by atoms with van der Waals surface area (Å²) in [6, 6.07) is 9.67. The van der Waals surface area contributed by atoms with Crippen LogP contribution in [0.3, 0.4) is 0 Å². The highest BCUT2D eigenvalue weighted by molar-refractivity contribution is 9.09. The number of hydrogen-bond donors (Lipinski definition) is 1. The Morgan fingerprint density at radius 1 is 1.30 bits per heavy atom. The van der Waals surface area contributed by atoms with Crippen LogP contribution in [-0.4, -0.2) is 24.7 Å². The second-order valence-corrected chi connectivity index (χ2v) is 6.85. The van der Waals surface area contributed by atoms with Crippen molar-refractivity contribution >= 4 is 21.9 Å². The number of hydrogen-bond acceptors (Lipinski definition) is 2. The molecular weight excluding hydrogens is 318 g/mol. The first-order chi connectivity index (χ1) is 9.50. The Balaban J connectivity index is 1.99. The van der Waals surface area contributed by atoms with Crippen molar-refractivity contribution in [3.8, 4) is 0 Å². The van der Waals surface area contributed by atoms with Crippen molar-refractivity contribution in [2.75, 3.05) is 13.1 Å². The fourth-order valence-corrected chi connectivity index (χ4v) is 3.17. The summed E-state index contributed by atoms with van der Waals surface area (Å²) in [5.41, 5.74) is 0.539. The summed E-state index contributed by atoms with van der Waals surface area (Å²) in [7, 11) is 0. The van der Waals surface area contributed by atoms with Gasteiger partial charge in [0, 0.05) is 18.8 Å². The Morgan fingerprint density at radius 2 is 1.90 bits per heavy atom. The van der Waals surface area contributed by atoms with Crippen molar-refractivity contribution in [2.24, 2.45) is 5.92 Å². The number of quaternary nitrogens is 1. The minimum atomic E-state index is -0.397. The molecule has 0 bridgehead atoms. The number of nitrogens with two attached hydrogens (primary N) is 1. The SMILES string of the molecule is CC(C)(OC(=O)C(Br)c1ccccc1)C1CC[NH2+]CC1. The molecule has 0 amide bonds. The van der Waals surface area contributed by atoms with Crippen LogP contribution < -0.4 is 5.32 Å². The van der Waals surface area contributed by atoms with Gasteiger partial charge < -0.3 is 10.1 Å². The van der Waals surface area contributed by atoms with Crippen LogP contribution in [0, 0.1) is 5.92 Å². The number of piperidine rings is 1. The van der Waals surface area contributed by atoms with Crippen LogP contribution in [0.25, 0.3) is 0 Å². The Hall–Kier alpha value is -0.870. The minimum absolute atomic E-state index is 0.198. The molecular formula is C16H23BrNO2+. The van der Waals surface area contributed by atoms with Gasteiger partial charge in [0.15, 0.2) is 0 Å². The van der Waals surface area contributed by atoms with Crippen molar-refractivity contribution in [3.63, 3.8) is 0 Å². The number of carbonyl (C=O) groups is 1. The van der Waals surface area contributed by atoms with Crippen LogP contribution in [0.4, 0.5) is 0 Å². The van der Waals surface area contributed by atoms with Gasteiger partial charge in [0.2, 0.25) is 0 Å². The largest absolute Gasteiger partial charge is 0.458 e. The molecule has 3 nitrogen and oxygen atoms in total. The quantitative estimate of drug-likeness (QED) is 0.675. The van der Waals surface area contributed by atoms with E-state index >= 15 is 0 Å². The summed E-state index contributed by atoms with van der Waals surface area (Å²) < 4.78 is 5.79. The van der Waals surface area contributed by atoms with Crippen LogP contribution in [-0.2, 0) is 9.53 Å². The summed E-state index contributed by atoms with van der Waals surface area (Å²) >= 11 is 3.45. The zero-order chi connectivity index (χ0) is 14.6. The first kappa shape index (κ1) is 15.5. The first-order valence-electron chi connectivity index (χ1n) is 7.24. The van der Waals surface area contributed by atoms with Gasteiger partial charge in [0.05, 0.1) is 13.1 Å². The van der Waals surface area contributed by atoms with Crippen molar-refractivity contribution in [1.29, 1.82) is 0 Å². The Morgan fingerprint density at radius 3 is 2.50 bits per heavy atom. The normalized spacial score (nSPS) is 18.6. The molecule has 1 aliphatic heterocycles. The van der Waals surface area contributed by atoms with Gasteiger partial charge in [-0.2, -0.15) is 0 Å². The maximum absolute atomic E-state index is 12.3. The van der Waals surface area contributed by atoms with Gasteiger partial charge in [-0.15, -0.1) is 0 Å². The van der Waals surface area contributed by atoms with Gasteiger partial charge >= 0.3 is 5.97 Å². The molecule has 1 heterocycles. The molecule has 1 atom stereocenters.